The number of aliphatic carboxylic acids is 1. The molecule has 1 fully saturated rings. The Bertz CT molecular complexity index is 1830. The number of carboxylic acids is 1. The molecule has 10 heteroatoms. The fourth-order valence-electron chi connectivity index (χ4n) is 7.38. The summed E-state index contributed by atoms with van der Waals surface area (Å²) in [5.41, 5.74) is 4.87. The van der Waals surface area contributed by atoms with Crippen LogP contribution >= 0.6 is 11.3 Å². The quantitative estimate of drug-likeness (QED) is 0.143. The molecular formula is C41H46N4O5S. The van der Waals surface area contributed by atoms with Crippen molar-refractivity contribution in [1.29, 1.82) is 0 Å². The molecule has 2 aliphatic carbocycles. The summed E-state index contributed by atoms with van der Waals surface area (Å²) >= 11 is 1.11. The number of carbonyl (C=O) groups is 3. The summed E-state index contributed by atoms with van der Waals surface area (Å²) in [6.07, 6.45) is 16.8. The Labute approximate surface area is 303 Å². The molecule has 2 aromatic heterocycles. The number of hydrogen-bond acceptors (Lipinski definition) is 7. The fraction of sp³-hybridized carbons (Fsp3) is 0.390. The van der Waals surface area contributed by atoms with Gasteiger partial charge in [-0.1, -0.05) is 68.7 Å². The summed E-state index contributed by atoms with van der Waals surface area (Å²) in [6.45, 7) is 1.97. The van der Waals surface area contributed by atoms with Gasteiger partial charge in [-0.2, -0.15) is 0 Å². The van der Waals surface area contributed by atoms with Crippen molar-refractivity contribution in [3.8, 4) is 17.1 Å². The lowest BCUT2D eigenvalue weighted by molar-refractivity contribution is -0.137. The van der Waals surface area contributed by atoms with Gasteiger partial charge >= 0.3 is 5.97 Å². The van der Waals surface area contributed by atoms with E-state index < -0.39 is 18.4 Å². The van der Waals surface area contributed by atoms with Crippen molar-refractivity contribution in [2.45, 2.75) is 71.3 Å². The van der Waals surface area contributed by atoms with Crippen molar-refractivity contribution in [1.82, 2.24) is 14.9 Å². The van der Waals surface area contributed by atoms with E-state index in [9.17, 15) is 19.5 Å². The number of rotatable bonds is 13. The predicted molar refractivity (Wildman–Crippen MR) is 201 cm³/mol. The van der Waals surface area contributed by atoms with Gasteiger partial charge in [0, 0.05) is 30.1 Å². The minimum atomic E-state index is -1.11. The molecule has 2 N–H and O–H groups in total. The molecular weight excluding hydrogens is 661 g/mol. The van der Waals surface area contributed by atoms with E-state index in [-0.39, 0.29) is 18.9 Å². The summed E-state index contributed by atoms with van der Waals surface area (Å²) in [6, 6.07) is 18.0. The molecule has 4 aromatic rings. The smallest absolute Gasteiger partial charge is 0.323 e. The zero-order chi connectivity index (χ0) is 35.7. The average Bonchev–Trinajstić information content (AvgIpc) is 3.63. The normalized spacial score (nSPS) is 18.8. The number of nitrogens with one attached hydrogen (secondary N) is 1. The topological polar surface area (TPSA) is 122 Å². The molecule has 1 unspecified atom stereocenters. The number of thiophene rings is 1. The number of hydrogen-bond donors (Lipinski definition) is 2. The average molecular weight is 707 g/mol. The van der Waals surface area contributed by atoms with E-state index in [1.54, 1.807) is 31.4 Å². The Balaban J connectivity index is 1.03. The van der Waals surface area contributed by atoms with Crippen LogP contribution in [0.1, 0.15) is 84.7 Å². The second-order valence-electron chi connectivity index (χ2n) is 13.7. The Morgan fingerprint density at radius 1 is 0.882 bits per heavy atom. The SMILES string of the molecule is CCC1CCC(C2CC=C(c3cnc(-c4ccc(CN(CC(=O)O)C(=O)c5ccc(NC(=O)Cc6ccc(OC)cc6)s5)cc4)nc3)CC2)CC1. The molecule has 1 atom stereocenters. The number of aromatic nitrogens is 2. The van der Waals surface area contributed by atoms with E-state index in [0.717, 1.165) is 64.2 Å². The van der Waals surface area contributed by atoms with Crippen LogP contribution in [0.5, 0.6) is 5.75 Å². The van der Waals surface area contributed by atoms with Gasteiger partial charge in [-0.25, -0.2) is 9.97 Å². The Morgan fingerprint density at radius 3 is 2.22 bits per heavy atom. The van der Waals surface area contributed by atoms with Crippen LogP contribution in [0.2, 0.25) is 0 Å². The van der Waals surface area contributed by atoms with Crippen molar-refractivity contribution in [2.75, 3.05) is 19.0 Å². The monoisotopic (exact) mass is 706 g/mol. The van der Waals surface area contributed by atoms with Gasteiger partial charge in [0.25, 0.3) is 5.91 Å². The van der Waals surface area contributed by atoms with E-state index >= 15 is 0 Å². The zero-order valence-electron chi connectivity index (χ0n) is 29.3. The molecule has 2 heterocycles. The molecule has 0 radical (unpaired) electrons. The Morgan fingerprint density at radius 2 is 1.59 bits per heavy atom. The number of amides is 2. The maximum absolute atomic E-state index is 13.4. The second-order valence-corrected chi connectivity index (χ2v) is 14.8. The zero-order valence-corrected chi connectivity index (χ0v) is 30.2. The van der Waals surface area contributed by atoms with Crippen LogP contribution in [0, 0.1) is 17.8 Å². The number of ether oxygens (including phenoxy) is 1. The van der Waals surface area contributed by atoms with Crippen molar-refractivity contribution in [3.63, 3.8) is 0 Å². The first-order chi connectivity index (χ1) is 24.8. The summed E-state index contributed by atoms with van der Waals surface area (Å²) in [4.78, 5) is 48.7. The lowest BCUT2D eigenvalue weighted by atomic mass is 9.71. The Kier molecular flexibility index (Phi) is 11.9. The second kappa shape index (κ2) is 16.9. The van der Waals surface area contributed by atoms with Crippen LogP contribution in [0.4, 0.5) is 5.00 Å². The van der Waals surface area contributed by atoms with Gasteiger partial charge in [0.2, 0.25) is 5.91 Å². The highest BCUT2D eigenvalue weighted by atomic mass is 32.1. The number of allylic oxidation sites excluding steroid dienone is 2. The van der Waals surface area contributed by atoms with Gasteiger partial charge in [0.15, 0.2) is 5.82 Å². The molecule has 0 saturated heterocycles. The summed E-state index contributed by atoms with van der Waals surface area (Å²) in [5, 5.41) is 12.9. The van der Waals surface area contributed by atoms with Gasteiger partial charge < -0.3 is 20.1 Å². The number of anilines is 1. The van der Waals surface area contributed by atoms with Crippen LogP contribution in [0.3, 0.4) is 0 Å². The van der Waals surface area contributed by atoms with Crippen LogP contribution in [0.15, 0.2) is 79.1 Å². The predicted octanol–water partition coefficient (Wildman–Crippen LogP) is 8.52. The molecule has 9 nitrogen and oxygen atoms in total. The lowest BCUT2D eigenvalue weighted by Crippen LogP contribution is -2.34. The standard InChI is InChI=1S/C41H46N4O5S/c1-3-27-4-10-30(11-5-27)31-14-16-32(17-15-31)34-23-42-40(43-24-34)33-12-6-29(7-13-33)25-45(26-39(47)48)41(49)36-20-21-38(51-36)44-37(46)22-28-8-18-35(50-2)19-9-28/h6-9,12-13,16,18-21,23-24,27,30-31H,3-5,10-11,14-15,17,22,25-26H2,1-2H3,(H,44,46)(H,47,48). The van der Waals surface area contributed by atoms with E-state index in [2.05, 4.69) is 28.3 Å². The maximum atomic E-state index is 13.4. The van der Waals surface area contributed by atoms with Gasteiger partial charge in [0.1, 0.15) is 12.3 Å². The van der Waals surface area contributed by atoms with Gasteiger partial charge in [-0.3, -0.25) is 14.4 Å². The molecule has 266 valence electrons. The number of carbonyl (C=O) groups excluding carboxylic acids is 2. The first kappa shape index (κ1) is 36.0. The first-order valence-corrected chi connectivity index (χ1v) is 18.7. The molecule has 2 aliphatic rings. The third kappa shape index (κ3) is 9.49. The summed E-state index contributed by atoms with van der Waals surface area (Å²) in [5.74, 6) is 2.19. The molecule has 0 bridgehead atoms. The van der Waals surface area contributed by atoms with E-state index in [4.69, 9.17) is 4.74 Å². The summed E-state index contributed by atoms with van der Waals surface area (Å²) < 4.78 is 5.16. The van der Waals surface area contributed by atoms with Crippen molar-refractivity contribution < 1.29 is 24.2 Å². The molecule has 51 heavy (non-hydrogen) atoms. The van der Waals surface area contributed by atoms with Crippen LogP contribution in [-0.2, 0) is 22.6 Å². The highest BCUT2D eigenvalue weighted by Gasteiger charge is 2.28. The van der Waals surface area contributed by atoms with Crippen molar-refractivity contribution in [2.24, 2.45) is 17.8 Å². The van der Waals surface area contributed by atoms with Crippen molar-refractivity contribution in [3.05, 3.63) is 101 Å². The molecule has 1 saturated carbocycles. The third-order valence-corrected chi connectivity index (χ3v) is 11.4. The van der Waals surface area contributed by atoms with Crippen LogP contribution < -0.4 is 10.1 Å². The number of methoxy groups -OCH3 is 1. The Hall–Kier alpha value is -4.83. The minimum absolute atomic E-state index is 0.109. The molecule has 2 aromatic carbocycles. The van der Waals surface area contributed by atoms with Gasteiger partial charge in [-0.15, -0.1) is 11.3 Å². The molecule has 0 aliphatic heterocycles. The highest BCUT2D eigenvalue weighted by Crippen LogP contribution is 2.41. The minimum Gasteiger partial charge on any atom is -0.497 e. The fourth-order valence-corrected chi connectivity index (χ4v) is 8.27. The van der Waals surface area contributed by atoms with Crippen LogP contribution in [0.25, 0.3) is 17.0 Å². The van der Waals surface area contributed by atoms with Gasteiger partial charge in [-0.05, 0) is 90.8 Å². The maximum Gasteiger partial charge on any atom is 0.323 e. The van der Waals surface area contributed by atoms with E-state index in [1.807, 2.05) is 48.8 Å². The molecule has 0 spiro atoms. The van der Waals surface area contributed by atoms with E-state index in [1.165, 1.54) is 49.0 Å². The van der Waals surface area contributed by atoms with Gasteiger partial charge in [0.05, 0.1) is 23.4 Å². The summed E-state index contributed by atoms with van der Waals surface area (Å²) in [7, 11) is 1.58. The molecule has 2 amide bonds. The first-order valence-electron chi connectivity index (χ1n) is 17.9. The highest BCUT2D eigenvalue weighted by molar-refractivity contribution is 7.18. The third-order valence-electron chi connectivity index (χ3n) is 10.4. The van der Waals surface area contributed by atoms with Crippen molar-refractivity contribution >= 4 is 39.7 Å². The lowest BCUT2D eigenvalue weighted by Gasteiger charge is -2.35. The number of carboxylic acid groups (broad SMARTS) is 1. The number of benzene rings is 2. The van der Waals surface area contributed by atoms with Crippen LogP contribution in [-0.4, -0.2) is 51.4 Å². The number of nitrogens with zero attached hydrogens (tertiary/aromatic N) is 3. The molecule has 6 rings (SSSR count). The van der Waals surface area contributed by atoms with E-state index in [0.29, 0.717) is 21.5 Å². The largest absolute Gasteiger partial charge is 0.497 e.